The molecule has 0 bridgehead atoms. The average molecular weight is 170 g/mol. The maximum atomic E-state index is 10.7. The fourth-order valence-electron chi connectivity index (χ4n) is 0.698. The summed E-state index contributed by atoms with van der Waals surface area (Å²) in [6.45, 7) is 1.76. The summed E-state index contributed by atoms with van der Waals surface area (Å²) in [5.74, 6) is -2.84. The fourth-order valence-corrected chi connectivity index (χ4v) is 0.698. The van der Waals surface area contributed by atoms with Gasteiger partial charge in [-0.15, -0.1) is 0 Å². The van der Waals surface area contributed by atoms with Crippen molar-refractivity contribution in [3.8, 4) is 6.07 Å². The number of amides is 1. The highest BCUT2D eigenvalue weighted by Crippen LogP contribution is 1.95. The molecular weight excluding hydrogens is 160 g/mol. The van der Waals surface area contributed by atoms with Crippen molar-refractivity contribution < 1.29 is 14.7 Å². The Labute approximate surface area is 70.2 Å². The fraction of sp³-hybridized carbons (Fsp3) is 0.571. The molecule has 0 aromatic rings. The molecule has 1 N–H and O–H groups in total. The summed E-state index contributed by atoms with van der Waals surface area (Å²) in [5.41, 5.74) is 0. The first-order valence-electron chi connectivity index (χ1n) is 3.37. The van der Waals surface area contributed by atoms with Crippen molar-refractivity contribution in [2.75, 3.05) is 13.6 Å². The molecule has 0 aliphatic heterocycles. The maximum Gasteiger partial charge on any atom is 0.394 e. The van der Waals surface area contributed by atoms with Gasteiger partial charge in [-0.05, 0) is 6.92 Å². The van der Waals surface area contributed by atoms with E-state index < -0.39 is 11.9 Å². The Bertz CT molecular complexity index is 231. The number of nitrogens with zero attached hydrogens (tertiary/aromatic N) is 2. The van der Waals surface area contributed by atoms with Crippen LogP contribution >= 0.6 is 0 Å². The van der Waals surface area contributed by atoms with Crippen LogP contribution in [0.3, 0.4) is 0 Å². The summed E-state index contributed by atoms with van der Waals surface area (Å²) in [6, 6.07) is 1.90. The maximum absolute atomic E-state index is 10.7. The zero-order chi connectivity index (χ0) is 9.72. The van der Waals surface area contributed by atoms with Gasteiger partial charge in [0.15, 0.2) is 0 Å². The Kier molecular flexibility index (Phi) is 3.77. The highest BCUT2D eigenvalue weighted by molar-refractivity contribution is 6.31. The Hall–Kier alpha value is -1.57. The minimum Gasteiger partial charge on any atom is -0.474 e. The molecule has 12 heavy (non-hydrogen) atoms. The summed E-state index contributed by atoms with van der Waals surface area (Å²) in [5, 5.41) is 16.6. The molecule has 0 aliphatic carbocycles. The molecule has 0 spiro atoms. The first-order chi connectivity index (χ1) is 5.49. The third-order valence-corrected chi connectivity index (χ3v) is 1.30. The van der Waals surface area contributed by atoms with Gasteiger partial charge in [-0.3, -0.25) is 4.79 Å². The van der Waals surface area contributed by atoms with Crippen LogP contribution in [0.4, 0.5) is 0 Å². The van der Waals surface area contributed by atoms with Crippen LogP contribution in [0.1, 0.15) is 6.92 Å². The summed E-state index contributed by atoms with van der Waals surface area (Å²) < 4.78 is 0. The monoisotopic (exact) mass is 170 g/mol. The summed E-state index contributed by atoms with van der Waals surface area (Å²) in [6.07, 6.45) is 0. The van der Waals surface area contributed by atoms with E-state index in [0.29, 0.717) is 0 Å². The molecule has 0 aliphatic rings. The molecule has 0 rings (SSSR count). The normalized spacial score (nSPS) is 11.4. The van der Waals surface area contributed by atoms with Gasteiger partial charge in [0.05, 0.1) is 12.0 Å². The van der Waals surface area contributed by atoms with Gasteiger partial charge in [0, 0.05) is 13.6 Å². The second-order valence-corrected chi connectivity index (χ2v) is 2.52. The van der Waals surface area contributed by atoms with Gasteiger partial charge in [-0.1, -0.05) is 0 Å². The third-order valence-electron chi connectivity index (χ3n) is 1.30. The number of carboxylic acid groups (broad SMARTS) is 1. The third kappa shape index (κ3) is 3.01. The van der Waals surface area contributed by atoms with Gasteiger partial charge >= 0.3 is 11.9 Å². The first kappa shape index (κ1) is 10.4. The van der Waals surface area contributed by atoms with Crippen LogP contribution in [-0.2, 0) is 9.59 Å². The lowest BCUT2D eigenvalue weighted by molar-refractivity contribution is -0.155. The predicted octanol–water partition coefficient (Wildman–Crippen LogP) is -0.311. The van der Waals surface area contributed by atoms with Crippen molar-refractivity contribution in [2.45, 2.75) is 6.92 Å². The van der Waals surface area contributed by atoms with Gasteiger partial charge in [-0.25, -0.2) is 4.79 Å². The van der Waals surface area contributed by atoms with Gasteiger partial charge < -0.3 is 10.0 Å². The van der Waals surface area contributed by atoms with Crippen LogP contribution in [-0.4, -0.2) is 35.5 Å². The van der Waals surface area contributed by atoms with E-state index in [1.54, 1.807) is 6.92 Å². The molecule has 5 nitrogen and oxygen atoms in total. The summed E-state index contributed by atoms with van der Waals surface area (Å²) in [4.78, 5) is 21.9. The SMILES string of the molecule is CC(C#N)CN(C)C(=O)C(=O)O. The number of aliphatic carboxylic acids is 1. The largest absolute Gasteiger partial charge is 0.474 e. The number of carboxylic acids is 1. The second kappa shape index (κ2) is 4.34. The van der Waals surface area contributed by atoms with Crippen molar-refractivity contribution in [2.24, 2.45) is 5.92 Å². The minimum absolute atomic E-state index is 0.141. The average Bonchev–Trinajstić information content (AvgIpc) is 2.02. The van der Waals surface area contributed by atoms with Crippen molar-refractivity contribution in [3.05, 3.63) is 0 Å². The molecule has 0 aromatic heterocycles. The standard InChI is InChI=1S/C7H10N2O3/c1-5(3-8)4-9(2)6(10)7(11)12/h5H,4H2,1-2H3,(H,11,12). The second-order valence-electron chi connectivity index (χ2n) is 2.52. The molecule has 0 saturated carbocycles. The molecule has 5 heteroatoms. The van der Waals surface area contributed by atoms with E-state index in [9.17, 15) is 9.59 Å². The van der Waals surface area contributed by atoms with Crippen LogP contribution in [0.15, 0.2) is 0 Å². The van der Waals surface area contributed by atoms with Crippen molar-refractivity contribution in [3.63, 3.8) is 0 Å². The lowest BCUT2D eigenvalue weighted by atomic mass is 10.2. The smallest absolute Gasteiger partial charge is 0.394 e. The molecule has 1 atom stereocenters. The number of rotatable bonds is 2. The predicted molar refractivity (Wildman–Crippen MR) is 40.0 cm³/mol. The number of carbonyl (C=O) groups excluding carboxylic acids is 1. The lowest BCUT2D eigenvalue weighted by Gasteiger charge is -2.14. The van der Waals surface area contributed by atoms with Crippen molar-refractivity contribution in [1.29, 1.82) is 5.26 Å². The lowest BCUT2D eigenvalue weighted by Crippen LogP contribution is -2.35. The van der Waals surface area contributed by atoms with Crippen LogP contribution in [0.5, 0.6) is 0 Å². The van der Waals surface area contributed by atoms with E-state index in [2.05, 4.69) is 0 Å². The number of nitriles is 1. The van der Waals surface area contributed by atoms with Crippen LogP contribution in [0, 0.1) is 17.2 Å². The van der Waals surface area contributed by atoms with E-state index in [1.165, 1.54) is 7.05 Å². The topological polar surface area (TPSA) is 81.4 Å². The molecule has 1 unspecified atom stereocenters. The molecule has 66 valence electrons. The Morgan fingerprint density at radius 1 is 1.67 bits per heavy atom. The number of hydrogen-bond acceptors (Lipinski definition) is 3. The van der Waals surface area contributed by atoms with Gasteiger partial charge in [-0.2, -0.15) is 5.26 Å². The molecule has 0 heterocycles. The van der Waals surface area contributed by atoms with E-state index >= 15 is 0 Å². The molecule has 0 radical (unpaired) electrons. The molecular formula is C7H10N2O3. The quantitative estimate of drug-likeness (QED) is 0.576. The van der Waals surface area contributed by atoms with E-state index in [4.69, 9.17) is 10.4 Å². The molecule has 0 fully saturated rings. The van der Waals surface area contributed by atoms with Crippen LogP contribution in [0.25, 0.3) is 0 Å². The summed E-state index contributed by atoms with van der Waals surface area (Å²) >= 11 is 0. The molecule has 1 amide bonds. The molecule has 0 saturated heterocycles. The van der Waals surface area contributed by atoms with Crippen LogP contribution in [0.2, 0.25) is 0 Å². The Morgan fingerprint density at radius 2 is 2.17 bits per heavy atom. The van der Waals surface area contributed by atoms with E-state index in [-0.39, 0.29) is 12.5 Å². The Morgan fingerprint density at radius 3 is 2.50 bits per heavy atom. The number of likely N-dealkylation sites (N-methyl/N-ethyl adjacent to an activating group) is 1. The van der Waals surface area contributed by atoms with E-state index in [0.717, 1.165) is 4.90 Å². The zero-order valence-electron chi connectivity index (χ0n) is 6.94. The number of hydrogen-bond donors (Lipinski definition) is 1. The summed E-state index contributed by atoms with van der Waals surface area (Å²) in [7, 11) is 1.35. The Balaban J connectivity index is 4.06. The highest BCUT2D eigenvalue weighted by atomic mass is 16.4. The van der Waals surface area contributed by atoms with Crippen molar-refractivity contribution in [1.82, 2.24) is 4.90 Å². The van der Waals surface area contributed by atoms with Crippen LogP contribution < -0.4 is 0 Å². The van der Waals surface area contributed by atoms with Crippen molar-refractivity contribution >= 4 is 11.9 Å². The first-order valence-corrected chi connectivity index (χ1v) is 3.37. The molecule has 0 aromatic carbocycles. The zero-order valence-corrected chi connectivity index (χ0v) is 6.94. The number of carbonyl (C=O) groups is 2. The van der Waals surface area contributed by atoms with Gasteiger partial charge in [0.25, 0.3) is 0 Å². The van der Waals surface area contributed by atoms with Gasteiger partial charge in [0.2, 0.25) is 0 Å². The minimum atomic E-state index is -1.50. The van der Waals surface area contributed by atoms with E-state index in [1.807, 2.05) is 6.07 Å². The highest BCUT2D eigenvalue weighted by Gasteiger charge is 2.18. The van der Waals surface area contributed by atoms with Gasteiger partial charge in [0.1, 0.15) is 0 Å².